The Balaban J connectivity index is 1.28. The molecule has 1 aromatic rings. The number of hydrogen-bond acceptors (Lipinski definition) is 2. The summed E-state index contributed by atoms with van der Waals surface area (Å²) in [5.74, 6) is 1.19. The van der Waals surface area contributed by atoms with Gasteiger partial charge in [-0.3, -0.25) is 0 Å². The second-order valence-electron chi connectivity index (χ2n) is 10.1. The fraction of sp³-hybridized carbons (Fsp3) is 0.643. The van der Waals surface area contributed by atoms with Crippen molar-refractivity contribution in [3.05, 3.63) is 52.9 Å². The zero-order chi connectivity index (χ0) is 23.4. The molecule has 0 N–H and O–H groups in total. The minimum atomic E-state index is -1.52. The monoisotopic (exact) mass is 462 g/mol. The fourth-order valence-electron chi connectivity index (χ4n) is 6.06. The molecule has 2 unspecified atom stereocenters. The highest BCUT2D eigenvalue weighted by Crippen LogP contribution is 2.42. The molecule has 0 spiro atoms. The lowest BCUT2D eigenvalue weighted by Gasteiger charge is -2.34. The Morgan fingerprint density at radius 3 is 2.18 bits per heavy atom. The van der Waals surface area contributed by atoms with Crippen LogP contribution >= 0.6 is 0 Å². The van der Waals surface area contributed by atoms with Crippen molar-refractivity contribution in [2.45, 2.75) is 88.6 Å². The number of benzene rings is 1. The van der Waals surface area contributed by atoms with E-state index in [2.05, 4.69) is 0 Å². The Kier molecular flexibility index (Phi) is 8.21. The molecular formula is C28H37F3O2. The second-order valence-corrected chi connectivity index (χ2v) is 10.1. The summed E-state index contributed by atoms with van der Waals surface area (Å²) in [5, 5.41) is 0. The second kappa shape index (κ2) is 11.1. The molecule has 2 nitrogen and oxygen atoms in total. The lowest BCUT2D eigenvalue weighted by molar-refractivity contribution is 0.0581. The molecule has 33 heavy (non-hydrogen) atoms. The van der Waals surface area contributed by atoms with Crippen molar-refractivity contribution in [3.63, 3.8) is 0 Å². The van der Waals surface area contributed by atoms with Crippen molar-refractivity contribution >= 4 is 0 Å². The Bertz CT molecular complexity index is 849. The fourth-order valence-corrected chi connectivity index (χ4v) is 6.06. The topological polar surface area (TPSA) is 18.5 Å². The van der Waals surface area contributed by atoms with Gasteiger partial charge in [0, 0.05) is 13.2 Å². The lowest BCUT2D eigenvalue weighted by Crippen LogP contribution is -2.31. The number of ether oxygens (including phenoxy) is 2. The quantitative estimate of drug-likeness (QED) is 0.415. The van der Waals surface area contributed by atoms with Crippen molar-refractivity contribution < 1.29 is 22.6 Å². The van der Waals surface area contributed by atoms with Gasteiger partial charge in [-0.25, -0.2) is 13.2 Å². The van der Waals surface area contributed by atoms with Gasteiger partial charge in [0.2, 0.25) is 0 Å². The summed E-state index contributed by atoms with van der Waals surface area (Å²) in [4.78, 5) is 0. The first-order chi connectivity index (χ1) is 16.0. The van der Waals surface area contributed by atoms with Gasteiger partial charge in [-0.05, 0) is 105 Å². The van der Waals surface area contributed by atoms with Gasteiger partial charge in [-0.15, -0.1) is 0 Å². The van der Waals surface area contributed by atoms with Crippen LogP contribution in [-0.4, -0.2) is 32.7 Å². The van der Waals surface area contributed by atoms with E-state index in [-0.39, 0.29) is 23.8 Å². The Morgan fingerprint density at radius 1 is 0.848 bits per heavy atom. The van der Waals surface area contributed by atoms with Crippen LogP contribution in [0.4, 0.5) is 13.2 Å². The predicted octanol–water partition coefficient (Wildman–Crippen LogP) is 7.64. The van der Waals surface area contributed by atoms with E-state index in [1.54, 1.807) is 7.11 Å². The van der Waals surface area contributed by atoms with Crippen LogP contribution in [0.3, 0.4) is 0 Å². The third-order valence-corrected chi connectivity index (χ3v) is 8.23. The third-order valence-electron chi connectivity index (χ3n) is 8.23. The van der Waals surface area contributed by atoms with Crippen LogP contribution in [0.15, 0.2) is 41.5 Å². The molecule has 4 rings (SSSR count). The third kappa shape index (κ3) is 5.67. The molecule has 5 heteroatoms. The maximum atomic E-state index is 15.0. The molecule has 3 aliphatic rings. The molecule has 2 atom stereocenters. The van der Waals surface area contributed by atoms with E-state index in [1.807, 2.05) is 24.3 Å². The van der Waals surface area contributed by atoms with E-state index in [1.165, 1.54) is 13.2 Å². The van der Waals surface area contributed by atoms with E-state index in [0.717, 1.165) is 63.4 Å². The number of methoxy groups -OCH3 is 2. The average Bonchev–Trinajstić information content (AvgIpc) is 2.85. The summed E-state index contributed by atoms with van der Waals surface area (Å²) in [5.41, 5.74) is 2.01. The number of hydrogen-bond donors (Lipinski definition) is 0. The van der Waals surface area contributed by atoms with Gasteiger partial charge in [-0.2, -0.15) is 0 Å². The van der Waals surface area contributed by atoms with Crippen LogP contribution in [0, 0.1) is 17.7 Å². The van der Waals surface area contributed by atoms with Gasteiger partial charge in [0.05, 0.1) is 13.2 Å². The van der Waals surface area contributed by atoms with Crippen LogP contribution in [-0.2, 0) is 4.74 Å². The van der Waals surface area contributed by atoms with Gasteiger partial charge < -0.3 is 9.47 Å². The van der Waals surface area contributed by atoms with E-state index in [9.17, 15) is 13.2 Å². The number of alkyl halides is 2. The molecule has 1 aromatic carbocycles. The van der Waals surface area contributed by atoms with Crippen molar-refractivity contribution in [2.24, 2.45) is 11.8 Å². The Hall–Kier alpha value is -1.75. The van der Waals surface area contributed by atoms with Crippen LogP contribution < -0.4 is 4.74 Å². The van der Waals surface area contributed by atoms with E-state index in [0.29, 0.717) is 29.2 Å². The zero-order valence-corrected chi connectivity index (χ0v) is 19.9. The van der Waals surface area contributed by atoms with Crippen LogP contribution in [0.5, 0.6) is 5.75 Å². The van der Waals surface area contributed by atoms with Crippen LogP contribution in [0.1, 0.15) is 75.7 Å². The maximum Gasteiger partial charge on any atom is 0.157 e. The zero-order valence-electron chi connectivity index (χ0n) is 19.9. The van der Waals surface area contributed by atoms with E-state index >= 15 is 0 Å². The Morgan fingerprint density at radius 2 is 1.55 bits per heavy atom. The summed E-state index contributed by atoms with van der Waals surface area (Å²) < 4.78 is 54.9. The average molecular weight is 463 g/mol. The van der Waals surface area contributed by atoms with E-state index < -0.39 is 12.3 Å². The van der Waals surface area contributed by atoms with Crippen molar-refractivity contribution in [2.75, 3.05) is 14.2 Å². The smallest absolute Gasteiger partial charge is 0.157 e. The summed E-state index contributed by atoms with van der Waals surface area (Å²) >= 11 is 0. The first-order valence-electron chi connectivity index (χ1n) is 12.5. The molecule has 2 saturated carbocycles. The van der Waals surface area contributed by atoms with Crippen molar-refractivity contribution in [3.8, 4) is 5.75 Å². The van der Waals surface area contributed by atoms with Gasteiger partial charge in [0.25, 0.3) is 0 Å². The number of allylic oxidation sites excluding steroid dienone is 4. The van der Waals surface area contributed by atoms with Gasteiger partial charge in [0.15, 0.2) is 12.3 Å². The highest BCUT2D eigenvalue weighted by molar-refractivity contribution is 5.34. The molecule has 2 fully saturated rings. The SMILES string of the molecule is COc1ccc(C2CCC(CCC3=CC=C(C4CCC(OC)CC4)C(F)C3F)CC2)c(F)c1. The molecule has 182 valence electrons. The number of rotatable bonds is 7. The van der Waals surface area contributed by atoms with Gasteiger partial charge in [0.1, 0.15) is 11.6 Å². The minimum absolute atomic E-state index is 0.135. The summed E-state index contributed by atoms with van der Waals surface area (Å²) in [6, 6.07) is 5.11. The first kappa shape index (κ1) is 24.4. The summed E-state index contributed by atoms with van der Waals surface area (Å²) in [6.07, 6.45) is 9.87. The normalized spacial score (nSPS) is 32.8. The molecule has 0 aliphatic heterocycles. The van der Waals surface area contributed by atoms with E-state index in [4.69, 9.17) is 9.47 Å². The highest BCUT2D eigenvalue weighted by Gasteiger charge is 2.36. The molecule has 3 aliphatic carbocycles. The molecule has 0 radical (unpaired) electrons. The maximum absolute atomic E-state index is 15.0. The van der Waals surface area contributed by atoms with Crippen molar-refractivity contribution in [1.82, 2.24) is 0 Å². The molecule has 0 aromatic heterocycles. The molecule has 0 heterocycles. The van der Waals surface area contributed by atoms with Crippen LogP contribution in [0.25, 0.3) is 0 Å². The highest BCUT2D eigenvalue weighted by atomic mass is 19.2. The minimum Gasteiger partial charge on any atom is -0.497 e. The van der Waals surface area contributed by atoms with Gasteiger partial charge in [-0.1, -0.05) is 18.2 Å². The van der Waals surface area contributed by atoms with Crippen molar-refractivity contribution in [1.29, 1.82) is 0 Å². The molecule has 0 amide bonds. The predicted molar refractivity (Wildman–Crippen MR) is 126 cm³/mol. The first-order valence-corrected chi connectivity index (χ1v) is 12.5. The van der Waals surface area contributed by atoms with Crippen LogP contribution in [0.2, 0.25) is 0 Å². The number of halogens is 3. The Labute approximate surface area is 196 Å². The summed E-state index contributed by atoms with van der Waals surface area (Å²) in [6.45, 7) is 0. The standard InChI is InChI=1S/C28H37F3O2/c1-32-22-12-9-20(10-13-22)25-15-11-21(27(30)28(25)31)8-5-18-3-6-19(7-4-18)24-16-14-23(33-2)17-26(24)29/h11,14-20,22,27-28H,3-10,12-13H2,1-2H3. The molecule has 0 bridgehead atoms. The summed E-state index contributed by atoms with van der Waals surface area (Å²) in [7, 11) is 3.26. The largest absolute Gasteiger partial charge is 0.497 e. The van der Waals surface area contributed by atoms with Gasteiger partial charge >= 0.3 is 0 Å². The lowest BCUT2D eigenvalue weighted by atomic mass is 9.75. The molecule has 0 saturated heterocycles. The molecular weight excluding hydrogens is 425 g/mol.